The number of ether oxygens (including phenoxy) is 1. The van der Waals surface area contributed by atoms with Gasteiger partial charge in [0.05, 0.1) is 12.1 Å². The molecule has 0 radical (unpaired) electrons. The first-order valence-electron chi connectivity index (χ1n) is 7.97. The van der Waals surface area contributed by atoms with Crippen molar-refractivity contribution in [1.82, 2.24) is 25.5 Å². The fourth-order valence-electron chi connectivity index (χ4n) is 3.03. The molecule has 1 saturated heterocycles. The zero-order chi connectivity index (χ0) is 14.7. The Morgan fingerprint density at radius 2 is 2.33 bits per heavy atom. The van der Waals surface area contributed by atoms with E-state index < -0.39 is 0 Å². The Bertz CT molecular complexity index is 460. The maximum Gasteiger partial charge on any atom is 0.209 e. The molecule has 118 valence electrons. The summed E-state index contributed by atoms with van der Waals surface area (Å²) in [5, 5.41) is 17.1. The molecule has 7 heteroatoms. The van der Waals surface area contributed by atoms with Crippen molar-refractivity contribution in [1.29, 1.82) is 0 Å². The zero-order valence-electron chi connectivity index (χ0n) is 12.9. The van der Waals surface area contributed by atoms with Crippen molar-refractivity contribution in [2.45, 2.75) is 74.5 Å². The van der Waals surface area contributed by atoms with Gasteiger partial charge in [0.1, 0.15) is 0 Å². The lowest BCUT2D eigenvalue weighted by atomic mass is 9.75. The molecule has 1 saturated carbocycles. The van der Waals surface area contributed by atoms with Crippen molar-refractivity contribution in [3.05, 3.63) is 0 Å². The number of rotatable bonds is 6. The Labute approximate surface area is 130 Å². The minimum absolute atomic E-state index is 0.188. The Balaban J connectivity index is 1.54. The molecule has 2 aliphatic rings. The molecule has 0 aromatic carbocycles. The number of nitrogens with one attached hydrogen (secondary N) is 1. The first-order valence-corrected chi connectivity index (χ1v) is 8.85. The first-order chi connectivity index (χ1) is 10.2. The number of hydrogen-bond acceptors (Lipinski definition) is 6. The molecular formula is C14H25N5OS. The molecule has 1 aliphatic carbocycles. The molecule has 21 heavy (non-hydrogen) atoms. The van der Waals surface area contributed by atoms with Crippen molar-refractivity contribution in [2.75, 3.05) is 13.2 Å². The Morgan fingerprint density at radius 1 is 1.48 bits per heavy atom. The van der Waals surface area contributed by atoms with Gasteiger partial charge in [-0.2, -0.15) is 0 Å². The largest absolute Gasteiger partial charge is 0.375 e. The van der Waals surface area contributed by atoms with Gasteiger partial charge in [0, 0.05) is 24.4 Å². The molecule has 1 atom stereocenters. The van der Waals surface area contributed by atoms with E-state index in [0.717, 1.165) is 37.7 Å². The lowest BCUT2D eigenvalue weighted by Gasteiger charge is -2.46. The second-order valence-corrected chi connectivity index (χ2v) is 7.68. The van der Waals surface area contributed by atoms with Crippen molar-refractivity contribution in [2.24, 2.45) is 0 Å². The maximum absolute atomic E-state index is 5.99. The van der Waals surface area contributed by atoms with Crippen molar-refractivity contribution in [3.63, 3.8) is 0 Å². The summed E-state index contributed by atoms with van der Waals surface area (Å²) >= 11 is 1.83. The molecule has 2 fully saturated rings. The highest BCUT2D eigenvalue weighted by atomic mass is 32.2. The summed E-state index contributed by atoms with van der Waals surface area (Å²) in [6, 6.07) is 0.492. The lowest BCUT2D eigenvalue weighted by molar-refractivity contribution is -0.125. The van der Waals surface area contributed by atoms with Gasteiger partial charge in [0.2, 0.25) is 5.16 Å². The molecule has 6 nitrogen and oxygen atoms in total. The van der Waals surface area contributed by atoms with Crippen LogP contribution in [-0.4, -0.2) is 50.3 Å². The normalized spacial score (nSPS) is 24.4. The summed E-state index contributed by atoms with van der Waals surface area (Å²) in [5.74, 6) is 0. The van der Waals surface area contributed by atoms with E-state index in [4.69, 9.17) is 4.74 Å². The molecule has 1 spiro atoms. The van der Waals surface area contributed by atoms with Gasteiger partial charge in [-0.05, 0) is 42.5 Å². The number of nitrogens with zero attached hydrogens (tertiary/aromatic N) is 4. The highest BCUT2D eigenvalue weighted by molar-refractivity contribution is 7.99. The van der Waals surface area contributed by atoms with Gasteiger partial charge in [-0.3, -0.25) is 0 Å². The van der Waals surface area contributed by atoms with Crippen LogP contribution in [0.5, 0.6) is 0 Å². The maximum atomic E-state index is 5.99. The van der Waals surface area contributed by atoms with Gasteiger partial charge >= 0.3 is 0 Å². The van der Waals surface area contributed by atoms with Gasteiger partial charge in [-0.25, -0.2) is 4.68 Å². The third kappa shape index (κ3) is 3.76. The number of thioether (sulfide) groups is 1. The van der Waals surface area contributed by atoms with E-state index in [9.17, 15) is 0 Å². The smallest absolute Gasteiger partial charge is 0.209 e. The van der Waals surface area contributed by atoms with E-state index in [0.29, 0.717) is 11.3 Å². The third-order valence-corrected chi connectivity index (χ3v) is 5.60. The summed E-state index contributed by atoms with van der Waals surface area (Å²) in [4.78, 5) is 0. The predicted octanol–water partition coefficient (Wildman–Crippen LogP) is 1.86. The predicted molar refractivity (Wildman–Crippen MR) is 82.4 cm³/mol. The van der Waals surface area contributed by atoms with Crippen LogP contribution < -0.4 is 5.32 Å². The zero-order valence-corrected chi connectivity index (χ0v) is 13.7. The Hall–Kier alpha value is -0.660. The van der Waals surface area contributed by atoms with Crippen LogP contribution in [0.15, 0.2) is 5.16 Å². The highest BCUT2D eigenvalue weighted by Gasteiger charge is 2.43. The molecule has 2 heterocycles. The summed E-state index contributed by atoms with van der Waals surface area (Å²) in [5.41, 5.74) is 0.188. The van der Waals surface area contributed by atoms with E-state index in [-0.39, 0.29) is 5.60 Å². The molecule has 0 bridgehead atoms. The topological polar surface area (TPSA) is 64.9 Å². The van der Waals surface area contributed by atoms with Crippen LogP contribution in [0.2, 0.25) is 0 Å². The fourth-order valence-corrected chi connectivity index (χ4v) is 4.26. The van der Waals surface area contributed by atoms with Crippen LogP contribution in [0.3, 0.4) is 0 Å². The third-order valence-electron chi connectivity index (χ3n) is 4.36. The van der Waals surface area contributed by atoms with Crippen LogP contribution in [0.4, 0.5) is 0 Å². The lowest BCUT2D eigenvalue weighted by Crippen LogP contribution is -2.46. The van der Waals surface area contributed by atoms with Crippen molar-refractivity contribution in [3.8, 4) is 0 Å². The van der Waals surface area contributed by atoms with Gasteiger partial charge in [-0.1, -0.05) is 25.6 Å². The van der Waals surface area contributed by atoms with E-state index in [1.54, 1.807) is 0 Å². The Morgan fingerprint density at radius 3 is 3.05 bits per heavy atom. The summed E-state index contributed by atoms with van der Waals surface area (Å²) in [7, 11) is 0. The second kappa shape index (κ2) is 6.62. The standard InChI is InChI=1S/C14H25N5OS/c1-11(2)15-7-8-19-13(16-17-18-19)21-12-4-9-20-14(10-12)5-3-6-14/h11-12,15H,3-10H2,1-2H3. The number of hydrogen-bond donors (Lipinski definition) is 1. The van der Waals surface area contributed by atoms with E-state index in [1.165, 1.54) is 19.3 Å². The summed E-state index contributed by atoms with van der Waals surface area (Å²) in [6.45, 7) is 6.90. The van der Waals surface area contributed by atoms with E-state index in [1.807, 2.05) is 16.4 Å². The number of tetrazole rings is 1. The van der Waals surface area contributed by atoms with Crippen LogP contribution in [-0.2, 0) is 11.3 Å². The van der Waals surface area contributed by atoms with Crippen LogP contribution in [0.25, 0.3) is 0 Å². The average Bonchev–Trinajstić information content (AvgIpc) is 2.84. The van der Waals surface area contributed by atoms with E-state index in [2.05, 4.69) is 34.7 Å². The van der Waals surface area contributed by atoms with Crippen LogP contribution >= 0.6 is 11.8 Å². The molecule has 1 aliphatic heterocycles. The average molecular weight is 311 g/mol. The molecule has 1 aromatic heterocycles. The molecule has 1 N–H and O–H groups in total. The van der Waals surface area contributed by atoms with Gasteiger partial charge in [-0.15, -0.1) is 5.10 Å². The van der Waals surface area contributed by atoms with Crippen LogP contribution in [0.1, 0.15) is 46.0 Å². The van der Waals surface area contributed by atoms with E-state index >= 15 is 0 Å². The van der Waals surface area contributed by atoms with Gasteiger partial charge in [0.15, 0.2) is 0 Å². The van der Waals surface area contributed by atoms with Crippen molar-refractivity contribution < 1.29 is 4.74 Å². The highest BCUT2D eigenvalue weighted by Crippen LogP contribution is 2.45. The number of aromatic nitrogens is 4. The summed E-state index contributed by atoms with van der Waals surface area (Å²) < 4.78 is 7.91. The van der Waals surface area contributed by atoms with Crippen molar-refractivity contribution >= 4 is 11.8 Å². The monoisotopic (exact) mass is 311 g/mol. The SMILES string of the molecule is CC(C)NCCn1nnnc1SC1CCOC2(CCC2)C1. The quantitative estimate of drug-likeness (QED) is 0.865. The van der Waals surface area contributed by atoms with Gasteiger partial charge < -0.3 is 10.1 Å². The Kier molecular flexibility index (Phi) is 4.81. The molecule has 0 amide bonds. The molecule has 1 aromatic rings. The fraction of sp³-hybridized carbons (Fsp3) is 0.929. The second-order valence-electron chi connectivity index (χ2n) is 6.41. The molecule has 1 unspecified atom stereocenters. The molecule has 3 rings (SSSR count). The minimum atomic E-state index is 0.188. The minimum Gasteiger partial charge on any atom is -0.375 e. The van der Waals surface area contributed by atoms with Crippen LogP contribution in [0, 0.1) is 0 Å². The van der Waals surface area contributed by atoms with Gasteiger partial charge in [0.25, 0.3) is 0 Å². The summed E-state index contributed by atoms with van der Waals surface area (Å²) in [6.07, 6.45) is 6.02. The first kappa shape index (κ1) is 15.2. The molecular weight excluding hydrogens is 286 g/mol.